The van der Waals surface area contributed by atoms with Crippen molar-refractivity contribution in [3.8, 4) is 5.75 Å². The molecule has 9 heteroatoms. The number of hydrogen-bond donors (Lipinski definition) is 2. The Morgan fingerprint density at radius 2 is 1.92 bits per heavy atom. The topological polar surface area (TPSA) is 61.7 Å². The van der Waals surface area contributed by atoms with Crippen LogP contribution in [0.3, 0.4) is 0 Å². The lowest BCUT2D eigenvalue weighted by Crippen LogP contribution is -2.18. The lowest BCUT2D eigenvalue weighted by molar-refractivity contribution is -0.137. The Hall–Kier alpha value is -2.25. The molecule has 0 saturated heterocycles. The van der Waals surface area contributed by atoms with E-state index in [-0.39, 0.29) is 26.9 Å². The minimum Gasteiger partial charge on any atom is -0.506 e. The summed E-state index contributed by atoms with van der Waals surface area (Å²) in [6, 6.07) is 6.56. The Labute approximate surface area is 144 Å². The Morgan fingerprint density at radius 3 is 2.58 bits per heavy atom. The molecule has 0 aromatic heterocycles. The van der Waals surface area contributed by atoms with Crippen LogP contribution >= 0.6 is 23.2 Å². The summed E-state index contributed by atoms with van der Waals surface area (Å²) < 4.78 is 37.8. The standard InChI is InChI=1S/C15H9Cl2F3N2O2/c16-11-5-9(13(23)12(17)6-11)7-21-22-14(24)8-2-1-3-10(4-8)15(18,19)20/h1-7,23H,(H,22,24)/b21-7-. The first kappa shape index (κ1) is 18.1. The number of hydrazone groups is 1. The molecule has 0 bridgehead atoms. The van der Waals surface area contributed by atoms with Crippen molar-refractivity contribution in [1.82, 2.24) is 5.43 Å². The van der Waals surface area contributed by atoms with E-state index in [4.69, 9.17) is 23.2 Å². The Morgan fingerprint density at radius 1 is 1.21 bits per heavy atom. The van der Waals surface area contributed by atoms with Crippen LogP contribution in [0.4, 0.5) is 13.2 Å². The van der Waals surface area contributed by atoms with Gasteiger partial charge in [-0.15, -0.1) is 0 Å². The van der Waals surface area contributed by atoms with Gasteiger partial charge in [0.25, 0.3) is 5.91 Å². The van der Waals surface area contributed by atoms with Crippen molar-refractivity contribution in [2.45, 2.75) is 6.18 Å². The van der Waals surface area contributed by atoms with Gasteiger partial charge in [0.1, 0.15) is 5.75 Å². The van der Waals surface area contributed by atoms with E-state index in [9.17, 15) is 23.1 Å². The second kappa shape index (κ2) is 7.11. The molecule has 0 spiro atoms. The maximum absolute atomic E-state index is 12.6. The number of aromatic hydroxyl groups is 1. The molecule has 0 heterocycles. The van der Waals surface area contributed by atoms with E-state index in [1.165, 1.54) is 18.2 Å². The molecule has 0 fully saturated rings. The summed E-state index contributed by atoms with van der Waals surface area (Å²) in [4.78, 5) is 11.8. The van der Waals surface area contributed by atoms with Crippen LogP contribution in [0, 0.1) is 0 Å². The van der Waals surface area contributed by atoms with Gasteiger partial charge in [0, 0.05) is 16.1 Å². The highest BCUT2D eigenvalue weighted by molar-refractivity contribution is 6.36. The quantitative estimate of drug-likeness (QED) is 0.612. The fourth-order valence-electron chi connectivity index (χ4n) is 1.75. The zero-order chi connectivity index (χ0) is 17.9. The first-order chi connectivity index (χ1) is 11.2. The van der Waals surface area contributed by atoms with E-state index in [0.717, 1.165) is 18.3 Å². The van der Waals surface area contributed by atoms with Crippen LogP contribution in [0.5, 0.6) is 5.75 Å². The Kier molecular flexibility index (Phi) is 5.36. The van der Waals surface area contributed by atoms with Crippen molar-refractivity contribution in [1.29, 1.82) is 0 Å². The average molecular weight is 377 g/mol. The number of carbonyl (C=O) groups is 1. The van der Waals surface area contributed by atoms with Crippen molar-refractivity contribution >= 4 is 35.3 Å². The lowest BCUT2D eigenvalue weighted by Gasteiger charge is -2.07. The number of benzene rings is 2. The summed E-state index contributed by atoms with van der Waals surface area (Å²) in [5, 5.41) is 13.5. The molecule has 0 atom stereocenters. The summed E-state index contributed by atoms with van der Waals surface area (Å²) >= 11 is 11.5. The Bertz CT molecular complexity index is 808. The highest BCUT2D eigenvalue weighted by Crippen LogP contribution is 2.30. The first-order valence-corrected chi connectivity index (χ1v) is 7.13. The number of carbonyl (C=O) groups excluding carboxylic acids is 1. The number of phenols is 1. The van der Waals surface area contributed by atoms with Gasteiger partial charge >= 0.3 is 6.18 Å². The predicted octanol–water partition coefficient (Wildman–Crippen LogP) is 4.48. The summed E-state index contributed by atoms with van der Waals surface area (Å²) in [6.45, 7) is 0. The maximum Gasteiger partial charge on any atom is 0.416 e. The molecule has 0 aliphatic rings. The van der Waals surface area contributed by atoms with Gasteiger partial charge in [-0.05, 0) is 30.3 Å². The van der Waals surface area contributed by atoms with Gasteiger partial charge in [0.2, 0.25) is 0 Å². The fourth-order valence-corrected chi connectivity index (χ4v) is 2.26. The van der Waals surface area contributed by atoms with Gasteiger partial charge in [-0.2, -0.15) is 18.3 Å². The van der Waals surface area contributed by atoms with Crippen LogP contribution < -0.4 is 5.43 Å². The molecule has 4 nitrogen and oxygen atoms in total. The molecule has 2 aromatic carbocycles. The van der Waals surface area contributed by atoms with Crippen LogP contribution in [0.1, 0.15) is 21.5 Å². The van der Waals surface area contributed by atoms with Crippen molar-refractivity contribution in [3.05, 3.63) is 63.1 Å². The maximum atomic E-state index is 12.6. The molecule has 2 aromatic rings. The normalized spacial score (nSPS) is 11.7. The first-order valence-electron chi connectivity index (χ1n) is 6.37. The summed E-state index contributed by atoms with van der Waals surface area (Å²) in [7, 11) is 0. The molecule has 126 valence electrons. The molecule has 0 unspecified atom stereocenters. The molecular formula is C15H9Cl2F3N2O2. The van der Waals surface area contributed by atoms with E-state index in [0.29, 0.717) is 6.07 Å². The van der Waals surface area contributed by atoms with Crippen molar-refractivity contribution < 1.29 is 23.1 Å². The fraction of sp³-hybridized carbons (Fsp3) is 0.0667. The van der Waals surface area contributed by atoms with E-state index >= 15 is 0 Å². The van der Waals surface area contributed by atoms with Gasteiger partial charge in [0.05, 0.1) is 16.8 Å². The molecule has 0 aliphatic carbocycles. The zero-order valence-corrected chi connectivity index (χ0v) is 13.2. The lowest BCUT2D eigenvalue weighted by atomic mass is 10.1. The second-order valence-electron chi connectivity index (χ2n) is 4.60. The molecule has 0 radical (unpaired) electrons. The van der Waals surface area contributed by atoms with Gasteiger partial charge in [-0.25, -0.2) is 5.43 Å². The minimum absolute atomic E-state index is 0.00634. The third-order valence-electron chi connectivity index (χ3n) is 2.88. The third kappa shape index (κ3) is 4.39. The Balaban J connectivity index is 2.14. The number of halogens is 5. The molecule has 0 saturated carbocycles. The van der Waals surface area contributed by atoms with Gasteiger partial charge in [0.15, 0.2) is 0 Å². The van der Waals surface area contributed by atoms with Crippen LogP contribution in [-0.2, 0) is 6.18 Å². The summed E-state index contributed by atoms with van der Waals surface area (Å²) in [6.07, 6.45) is -3.48. The van der Waals surface area contributed by atoms with E-state index in [2.05, 4.69) is 10.5 Å². The molecule has 2 N–H and O–H groups in total. The smallest absolute Gasteiger partial charge is 0.416 e. The summed E-state index contributed by atoms with van der Waals surface area (Å²) in [5.41, 5.74) is 1.04. The third-order valence-corrected chi connectivity index (χ3v) is 3.39. The van der Waals surface area contributed by atoms with Crippen LogP contribution in [0.15, 0.2) is 41.5 Å². The largest absolute Gasteiger partial charge is 0.506 e. The van der Waals surface area contributed by atoms with Gasteiger partial charge in [-0.3, -0.25) is 4.79 Å². The van der Waals surface area contributed by atoms with E-state index < -0.39 is 17.6 Å². The van der Waals surface area contributed by atoms with Gasteiger partial charge < -0.3 is 5.11 Å². The summed E-state index contributed by atoms with van der Waals surface area (Å²) in [5.74, 6) is -1.14. The van der Waals surface area contributed by atoms with Crippen molar-refractivity contribution in [2.24, 2.45) is 5.10 Å². The number of nitrogens with zero attached hydrogens (tertiary/aromatic N) is 1. The molecule has 0 aliphatic heterocycles. The van der Waals surface area contributed by atoms with Crippen LogP contribution in [0.25, 0.3) is 0 Å². The number of alkyl halides is 3. The minimum atomic E-state index is -4.55. The monoisotopic (exact) mass is 376 g/mol. The van der Waals surface area contributed by atoms with E-state index in [1.807, 2.05) is 0 Å². The highest BCUT2D eigenvalue weighted by atomic mass is 35.5. The number of nitrogens with one attached hydrogen (secondary N) is 1. The predicted molar refractivity (Wildman–Crippen MR) is 84.6 cm³/mol. The van der Waals surface area contributed by atoms with Crippen LogP contribution in [0.2, 0.25) is 10.0 Å². The second-order valence-corrected chi connectivity index (χ2v) is 5.45. The highest BCUT2D eigenvalue weighted by Gasteiger charge is 2.30. The number of phenolic OH excluding ortho intramolecular Hbond substituents is 1. The van der Waals surface area contributed by atoms with Crippen molar-refractivity contribution in [2.75, 3.05) is 0 Å². The molecular weight excluding hydrogens is 368 g/mol. The zero-order valence-electron chi connectivity index (χ0n) is 11.7. The number of hydrogen-bond acceptors (Lipinski definition) is 3. The van der Waals surface area contributed by atoms with E-state index in [1.54, 1.807) is 0 Å². The van der Waals surface area contributed by atoms with Crippen LogP contribution in [-0.4, -0.2) is 17.2 Å². The average Bonchev–Trinajstić information content (AvgIpc) is 2.51. The molecule has 24 heavy (non-hydrogen) atoms. The van der Waals surface area contributed by atoms with Gasteiger partial charge in [-0.1, -0.05) is 29.3 Å². The van der Waals surface area contributed by atoms with Crippen molar-refractivity contribution in [3.63, 3.8) is 0 Å². The number of rotatable bonds is 3. The number of amides is 1. The molecule has 2 rings (SSSR count). The molecule has 1 amide bonds. The SMILES string of the molecule is O=C(N/N=C\c1cc(Cl)cc(Cl)c1O)c1cccc(C(F)(F)F)c1.